The van der Waals surface area contributed by atoms with Crippen molar-refractivity contribution in [2.24, 2.45) is 0 Å². The summed E-state index contributed by atoms with van der Waals surface area (Å²) in [6, 6.07) is 0.505. The Bertz CT molecular complexity index is 551. The van der Waals surface area contributed by atoms with Crippen LogP contribution in [0.3, 0.4) is 0 Å². The van der Waals surface area contributed by atoms with Crippen molar-refractivity contribution in [1.82, 2.24) is 14.9 Å². The van der Waals surface area contributed by atoms with Crippen LogP contribution in [0.2, 0.25) is 0 Å². The van der Waals surface area contributed by atoms with Gasteiger partial charge in [-0.15, -0.1) is 0 Å². The van der Waals surface area contributed by atoms with E-state index in [4.69, 9.17) is 4.74 Å². The molecule has 0 aromatic carbocycles. The summed E-state index contributed by atoms with van der Waals surface area (Å²) < 4.78 is 6.98. The highest BCUT2D eigenvalue weighted by Crippen LogP contribution is 2.26. The Hall–Kier alpha value is -0.980. The van der Waals surface area contributed by atoms with Gasteiger partial charge in [-0.05, 0) is 67.5 Å². The van der Waals surface area contributed by atoms with Gasteiger partial charge < -0.3 is 9.64 Å². The smallest absolute Gasteiger partial charge is 0.225 e. The van der Waals surface area contributed by atoms with Gasteiger partial charge in [0.25, 0.3) is 0 Å². The maximum atomic E-state index is 6.06. The number of likely N-dealkylation sites (tertiary alicyclic amines) is 1. The second kappa shape index (κ2) is 10.4. The molecule has 0 atom stereocenters. The van der Waals surface area contributed by atoms with Crippen molar-refractivity contribution in [2.45, 2.75) is 57.1 Å². The van der Waals surface area contributed by atoms with Crippen molar-refractivity contribution in [3.8, 4) is 0 Å². The second-order valence-electron chi connectivity index (χ2n) is 7.41. The van der Waals surface area contributed by atoms with Crippen molar-refractivity contribution in [3.63, 3.8) is 0 Å². The zero-order valence-corrected chi connectivity index (χ0v) is 17.4. The molecule has 1 saturated heterocycles. The lowest BCUT2D eigenvalue weighted by atomic mass is 9.92. The standard InChI is InChI=1S/C20H31BrN4O/c1-24(20-22-15-17(21)16-23-20)18-7-9-19(10-8-18)26-14-6-5-13-25-11-3-2-4-12-25/h5-6,15-16,18-19H,2-4,7-14H2,1H3/b6-5+. The molecular formula is C20H31BrN4O. The third-order valence-electron chi connectivity index (χ3n) is 5.52. The van der Waals surface area contributed by atoms with Gasteiger partial charge in [0.1, 0.15) is 0 Å². The summed E-state index contributed by atoms with van der Waals surface area (Å²) in [5, 5.41) is 0. The van der Waals surface area contributed by atoms with E-state index in [0.29, 0.717) is 12.1 Å². The summed E-state index contributed by atoms with van der Waals surface area (Å²) in [6.07, 6.45) is 17.1. The summed E-state index contributed by atoms with van der Waals surface area (Å²) >= 11 is 3.39. The zero-order valence-electron chi connectivity index (χ0n) is 15.8. The quantitative estimate of drug-likeness (QED) is 0.619. The lowest BCUT2D eigenvalue weighted by Gasteiger charge is -2.34. The first-order valence-corrected chi connectivity index (χ1v) is 10.7. The van der Waals surface area contributed by atoms with E-state index in [-0.39, 0.29) is 0 Å². The van der Waals surface area contributed by atoms with Crippen LogP contribution < -0.4 is 4.90 Å². The van der Waals surface area contributed by atoms with Crippen LogP contribution in [0.4, 0.5) is 5.95 Å². The van der Waals surface area contributed by atoms with Gasteiger partial charge in [0, 0.05) is 32.0 Å². The molecule has 0 unspecified atom stereocenters. The number of rotatable bonds is 7. The molecule has 1 aliphatic heterocycles. The van der Waals surface area contributed by atoms with E-state index in [1.165, 1.54) is 32.4 Å². The number of ether oxygens (including phenoxy) is 1. The van der Waals surface area contributed by atoms with Crippen LogP contribution >= 0.6 is 15.9 Å². The molecular weight excluding hydrogens is 392 g/mol. The highest BCUT2D eigenvalue weighted by molar-refractivity contribution is 9.10. The average molecular weight is 423 g/mol. The first kappa shape index (κ1) is 19.8. The third kappa shape index (κ3) is 6.03. The topological polar surface area (TPSA) is 41.5 Å². The van der Waals surface area contributed by atoms with Crippen LogP contribution in [-0.2, 0) is 4.74 Å². The lowest BCUT2D eigenvalue weighted by molar-refractivity contribution is 0.0422. The summed E-state index contributed by atoms with van der Waals surface area (Å²) in [6.45, 7) is 4.33. The van der Waals surface area contributed by atoms with Crippen molar-refractivity contribution in [1.29, 1.82) is 0 Å². The minimum atomic E-state index is 0.394. The molecule has 1 aliphatic carbocycles. The lowest BCUT2D eigenvalue weighted by Crippen LogP contribution is -2.38. The first-order valence-electron chi connectivity index (χ1n) is 9.91. The van der Waals surface area contributed by atoms with Gasteiger partial charge in [-0.2, -0.15) is 0 Å². The fraction of sp³-hybridized carbons (Fsp3) is 0.700. The van der Waals surface area contributed by atoms with Crippen LogP contribution in [0, 0.1) is 0 Å². The molecule has 0 bridgehead atoms. The number of hydrogen-bond acceptors (Lipinski definition) is 5. The monoisotopic (exact) mass is 422 g/mol. The molecule has 3 rings (SSSR count). The number of hydrogen-bond donors (Lipinski definition) is 0. The highest BCUT2D eigenvalue weighted by atomic mass is 79.9. The largest absolute Gasteiger partial charge is 0.374 e. The molecule has 2 aliphatic rings. The summed E-state index contributed by atoms with van der Waals surface area (Å²) in [5.74, 6) is 0.804. The molecule has 5 nitrogen and oxygen atoms in total. The van der Waals surface area contributed by atoms with Gasteiger partial charge in [-0.3, -0.25) is 4.90 Å². The number of nitrogens with zero attached hydrogens (tertiary/aromatic N) is 4. The van der Waals surface area contributed by atoms with E-state index in [1.807, 2.05) is 12.4 Å². The maximum absolute atomic E-state index is 6.06. The predicted octanol–water partition coefficient (Wildman–Crippen LogP) is 4.05. The Morgan fingerprint density at radius 3 is 2.50 bits per heavy atom. The second-order valence-corrected chi connectivity index (χ2v) is 8.32. The van der Waals surface area contributed by atoms with E-state index < -0.39 is 0 Å². The van der Waals surface area contributed by atoms with Crippen LogP contribution in [0.15, 0.2) is 29.0 Å². The minimum Gasteiger partial charge on any atom is -0.374 e. The third-order valence-corrected chi connectivity index (χ3v) is 5.93. The Labute approximate surface area is 166 Å². The summed E-state index contributed by atoms with van der Waals surface area (Å²) in [7, 11) is 2.10. The summed E-state index contributed by atoms with van der Waals surface area (Å²) in [5.41, 5.74) is 0. The van der Waals surface area contributed by atoms with Crippen LogP contribution in [-0.4, -0.2) is 60.3 Å². The Morgan fingerprint density at radius 2 is 1.81 bits per heavy atom. The van der Waals surface area contributed by atoms with Gasteiger partial charge in [0.2, 0.25) is 5.95 Å². The molecule has 2 fully saturated rings. The van der Waals surface area contributed by atoms with E-state index in [2.05, 4.69) is 54.9 Å². The molecule has 1 aromatic heterocycles. The van der Waals surface area contributed by atoms with Crippen molar-refractivity contribution >= 4 is 21.9 Å². The molecule has 0 N–H and O–H groups in total. The molecule has 26 heavy (non-hydrogen) atoms. The summed E-state index contributed by atoms with van der Waals surface area (Å²) in [4.78, 5) is 13.6. The zero-order chi connectivity index (χ0) is 18.2. The number of aromatic nitrogens is 2. The molecule has 1 saturated carbocycles. The molecule has 1 aromatic rings. The van der Waals surface area contributed by atoms with Gasteiger partial charge in [0.15, 0.2) is 0 Å². The molecule has 0 radical (unpaired) electrons. The minimum absolute atomic E-state index is 0.394. The normalized spacial score (nSPS) is 24.8. The molecule has 2 heterocycles. The van der Waals surface area contributed by atoms with E-state index >= 15 is 0 Å². The Kier molecular flexibility index (Phi) is 7.89. The first-order chi connectivity index (χ1) is 12.7. The number of piperidine rings is 1. The average Bonchev–Trinajstić information content (AvgIpc) is 2.69. The van der Waals surface area contributed by atoms with Gasteiger partial charge in [-0.1, -0.05) is 18.6 Å². The highest BCUT2D eigenvalue weighted by Gasteiger charge is 2.25. The fourth-order valence-corrected chi connectivity index (χ4v) is 4.08. The van der Waals surface area contributed by atoms with Crippen molar-refractivity contribution in [2.75, 3.05) is 38.2 Å². The predicted molar refractivity (Wildman–Crippen MR) is 110 cm³/mol. The van der Waals surface area contributed by atoms with E-state index in [1.54, 1.807) is 0 Å². The van der Waals surface area contributed by atoms with Gasteiger partial charge >= 0.3 is 0 Å². The van der Waals surface area contributed by atoms with E-state index in [0.717, 1.165) is 49.3 Å². The Morgan fingerprint density at radius 1 is 1.12 bits per heavy atom. The SMILES string of the molecule is CN(c1ncc(Br)cn1)C1CCC(OC/C=C/CN2CCCCC2)CC1. The van der Waals surface area contributed by atoms with Gasteiger partial charge in [0.05, 0.1) is 17.2 Å². The number of halogens is 1. The van der Waals surface area contributed by atoms with Crippen LogP contribution in [0.1, 0.15) is 44.9 Å². The number of anilines is 1. The maximum Gasteiger partial charge on any atom is 0.225 e. The van der Waals surface area contributed by atoms with E-state index in [9.17, 15) is 0 Å². The Balaban J connectivity index is 1.32. The van der Waals surface area contributed by atoms with Crippen molar-refractivity contribution in [3.05, 3.63) is 29.0 Å². The molecule has 144 valence electrons. The van der Waals surface area contributed by atoms with Crippen molar-refractivity contribution < 1.29 is 4.74 Å². The molecule has 0 spiro atoms. The van der Waals surface area contributed by atoms with Gasteiger partial charge in [-0.25, -0.2) is 9.97 Å². The molecule has 6 heteroatoms. The van der Waals surface area contributed by atoms with Crippen LogP contribution in [0.5, 0.6) is 0 Å². The van der Waals surface area contributed by atoms with Crippen LogP contribution in [0.25, 0.3) is 0 Å². The molecule has 0 amide bonds. The fourth-order valence-electron chi connectivity index (χ4n) is 3.88.